The summed E-state index contributed by atoms with van der Waals surface area (Å²) in [5.41, 5.74) is 2.47. The van der Waals surface area contributed by atoms with Crippen molar-refractivity contribution in [2.75, 3.05) is 13.1 Å². The number of aromatic nitrogens is 2. The van der Waals surface area contributed by atoms with E-state index in [2.05, 4.69) is 25.3 Å². The largest absolute Gasteiger partial charge is 0.312 e. The molecule has 94 valence electrons. The molecule has 0 aliphatic carbocycles. The average molecular weight is 245 g/mol. The third-order valence-electron chi connectivity index (χ3n) is 2.54. The lowest BCUT2D eigenvalue weighted by atomic mass is 10.1. The van der Waals surface area contributed by atoms with Crippen LogP contribution in [0.1, 0.15) is 17.1 Å². The number of hydrogen-bond donors (Lipinski definition) is 1. The van der Waals surface area contributed by atoms with E-state index >= 15 is 0 Å². The summed E-state index contributed by atoms with van der Waals surface area (Å²) in [5, 5.41) is 3.28. The molecule has 0 saturated heterocycles. The van der Waals surface area contributed by atoms with E-state index in [4.69, 9.17) is 0 Å². The average Bonchev–Trinajstić information content (AvgIpc) is 2.40. The number of nitrogens with one attached hydrogen (secondary N) is 1. The minimum Gasteiger partial charge on any atom is -0.312 e. The van der Waals surface area contributed by atoms with Crippen molar-refractivity contribution in [2.45, 2.75) is 19.9 Å². The van der Waals surface area contributed by atoms with Gasteiger partial charge < -0.3 is 5.32 Å². The number of ketones is 1. The number of aliphatic imine (C=N–C) groups is 2. The molecule has 3 rings (SSSR count). The molecule has 2 aliphatic rings. The van der Waals surface area contributed by atoms with Crippen LogP contribution in [0.15, 0.2) is 16.2 Å². The van der Waals surface area contributed by atoms with Gasteiger partial charge in [-0.1, -0.05) is 0 Å². The molecule has 1 N–H and O–H groups in total. The number of rotatable bonds is 0. The van der Waals surface area contributed by atoms with Gasteiger partial charge in [-0.15, -0.1) is 0 Å². The Balaban J connectivity index is 0.000000149. The highest BCUT2D eigenvalue weighted by Crippen LogP contribution is 2.08. The van der Waals surface area contributed by atoms with Crippen molar-refractivity contribution < 1.29 is 4.79 Å². The third kappa shape index (κ3) is 3.53. The van der Waals surface area contributed by atoms with E-state index < -0.39 is 0 Å². The number of Topliss-reactive ketones (excluding diaryl/α,β-unsaturated/α-hetero) is 1. The van der Waals surface area contributed by atoms with Crippen LogP contribution in [0, 0.1) is 6.92 Å². The number of fused-ring (bicyclic) bond motifs is 1. The van der Waals surface area contributed by atoms with Gasteiger partial charge in [0.2, 0.25) is 0 Å². The fourth-order valence-electron chi connectivity index (χ4n) is 1.67. The van der Waals surface area contributed by atoms with Gasteiger partial charge in [-0.05, 0) is 6.92 Å². The molecule has 18 heavy (non-hydrogen) atoms. The van der Waals surface area contributed by atoms with Gasteiger partial charge in [0.25, 0.3) is 0 Å². The van der Waals surface area contributed by atoms with Crippen LogP contribution in [0.5, 0.6) is 0 Å². The molecule has 0 amide bonds. The van der Waals surface area contributed by atoms with E-state index in [-0.39, 0.29) is 12.3 Å². The minimum atomic E-state index is -0.0255. The standard InChI is InChI=1S/C8H11N3.C4H4N2O/c1-6-10-5-7-4-9-3-2-8(7)11-6;7-4-1-5-3-6-2-4/h5,9H,2-4H2,1H3;1,3H,2H2. The zero-order valence-electron chi connectivity index (χ0n) is 10.3. The molecule has 0 atom stereocenters. The summed E-state index contributed by atoms with van der Waals surface area (Å²) in [4.78, 5) is 25.8. The van der Waals surface area contributed by atoms with Gasteiger partial charge in [0.1, 0.15) is 18.7 Å². The number of carbonyl (C=O) groups is 1. The Morgan fingerprint density at radius 3 is 2.94 bits per heavy atom. The summed E-state index contributed by atoms with van der Waals surface area (Å²) >= 11 is 0. The van der Waals surface area contributed by atoms with Gasteiger partial charge in [0, 0.05) is 37.0 Å². The summed E-state index contributed by atoms with van der Waals surface area (Å²) in [7, 11) is 0. The number of hydrogen-bond acceptors (Lipinski definition) is 6. The highest BCUT2D eigenvalue weighted by atomic mass is 16.1. The normalized spacial score (nSPS) is 16.8. The van der Waals surface area contributed by atoms with Crippen LogP contribution in [-0.4, -0.2) is 41.4 Å². The molecule has 0 aromatic carbocycles. The molecule has 3 heterocycles. The fraction of sp³-hybridized carbons (Fsp3) is 0.417. The first-order valence-corrected chi connectivity index (χ1v) is 5.82. The molecule has 0 radical (unpaired) electrons. The van der Waals surface area contributed by atoms with Gasteiger partial charge in [-0.25, -0.2) is 15.0 Å². The Labute approximate surface area is 105 Å². The van der Waals surface area contributed by atoms with Crippen molar-refractivity contribution in [3.63, 3.8) is 0 Å². The monoisotopic (exact) mass is 245 g/mol. The Kier molecular flexibility index (Phi) is 4.25. The summed E-state index contributed by atoms with van der Waals surface area (Å²) < 4.78 is 0. The molecule has 0 saturated carbocycles. The zero-order valence-corrected chi connectivity index (χ0v) is 10.3. The first kappa shape index (κ1) is 12.5. The maximum atomic E-state index is 10.2. The molecule has 1 aromatic rings. The predicted octanol–water partition coefficient (Wildman–Crippen LogP) is 0.0989. The van der Waals surface area contributed by atoms with Crippen molar-refractivity contribution in [3.8, 4) is 0 Å². The fourth-order valence-corrected chi connectivity index (χ4v) is 1.67. The number of nitrogens with zero attached hydrogens (tertiary/aromatic N) is 4. The van der Waals surface area contributed by atoms with E-state index in [0.717, 1.165) is 25.3 Å². The maximum absolute atomic E-state index is 10.2. The minimum absolute atomic E-state index is 0.0255. The van der Waals surface area contributed by atoms with E-state index in [1.807, 2.05) is 13.1 Å². The molecule has 0 bridgehead atoms. The summed E-state index contributed by atoms with van der Waals surface area (Å²) in [6.07, 6.45) is 5.61. The molecule has 0 unspecified atom stereocenters. The van der Waals surface area contributed by atoms with Crippen molar-refractivity contribution in [2.24, 2.45) is 9.98 Å². The predicted molar refractivity (Wildman–Crippen MR) is 69.0 cm³/mol. The van der Waals surface area contributed by atoms with Crippen LogP contribution in [0.2, 0.25) is 0 Å². The highest BCUT2D eigenvalue weighted by Gasteiger charge is 2.09. The van der Waals surface area contributed by atoms with Crippen molar-refractivity contribution in [1.82, 2.24) is 15.3 Å². The van der Waals surface area contributed by atoms with Crippen molar-refractivity contribution in [1.29, 1.82) is 0 Å². The molecule has 2 aliphatic heterocycles. The lowest BCUT2D eigenvalue weighted by molar-refractivity contribution is -0.111. The Morgan fingerprint density at radius 1 is 1.39 bits per heavy atom. The van der Waals surface area contributed by atoms with Crippen LogP contribution in [0.4, 0.5) is 0 Å². The smallest absolute Gasteiger partial charge is 0.195 e. The second-order valence-electron chi connectivity index (χ2n) is 4.02. The van der Waals surface area contributed by atoms with E-state index in [0.29, 0.717) is 0 Å². The van der Waals surface area contributed by atoms with Crippen LogP contribution < -0.4 is 5.32 Å². The lowest BCUT2D eigenvalue weighted by Gasteiger charge is -2.14. The highest BCUT2D eigenvalue weighted by molar-refractivity contribution is 6.30. The Bertz CT molecular complexity index is 495. The molecule has 1 aromatic heterocycles. The third-order valence-corrected chi connectivity index (χ3v) is 2.54. The van der Waals surface area contributed by atoms with Gasteiger partial charge in [-0.3, -0.25) is 9.79 Å². The van der Waals surface area contributed by atoms with Crippen LogP contribution in [0.25, 0.3) is 0 Å². The second-order valence-corrected chi connectivity index (χ2v) is 4.02. The Morgan fingerprint density at radius 2 is 2.28 bits per heavy atom. The van der Waals surface area contributed by atoms with Gasteiger partial charge in [-0.2, -0.15) is 0 Å². The summed E-state index contributed by atoms with van der Waals surface area (Å²) in [6.45, 7) is 4.17. The summed E-state index contributed by atoms with van der Waals surface area (Å²) in [5.74, 6) is 0.855. The molecule has 6 heteroatoms. The van der Waals surface area contributed by atoms with E-state index in [1.54, 1.807) is 0 Å². The Hall–Kier alpha value is -1.95. The first-order valence-electron chi connectivity index (χ1n) is 5.82. The molecule has 0 spiro atoms. The van der Waals surface area contributed by atoms with E-state index in [1.165, 1.54) is 23.8 Å². The topological polar surface area (TPSA) is 79.6 Å². The lowest BCUT2D eigenvalue weighted by Crippen LogP contribution is -2.25. The zero-order chi connectivity index (χ0) is 12.8. The second kappa shape index (κ2) is 6.11. The molecular weight excluding hydrogens is 230 g/mol. The summed E-state index contributed by atoms with van der Waals surface area (Å²) in [6, 6.07) is 0. The quantitative estimate of drug-likeness (QED) is 0.703. The van der Waals surface area contributed by atoms with Crippen LogP contribution in [0.3, 0.4) is 0 Å². The van der Waals surface area contributed by atoms with E-state index in [9.17, 15) is 4.79 Å². The SMILES string of the molecule is Cc1ncc2c(n1)CCNC2.O=C1C=NC=NC1. The molecule has 0 fully saturated rings. The van der Waals surface area contributed by atoms with Gasteiger partial charge in [0.15, 0.2) is 5.78 Å². The number of aryl methyl sites for hydroxylation is 1. The van der Waals surface area contributed by atoms with Gasteiger partial charge in [0.05, 0.1) is 6.21 Å². The van der Waals surface area contributed by atoms with Crippen LogP contribution in [-0.2, 0) is 17.8 Å². The van der Waals surface area contributed by atoms with Gasteiger partial charge >= 0.3 is 0 Å². The first-order chi connectivity index (χ1) is 8.75. The van der Waals surface area contributed by atoms with Crippen molar-refractivity contribution >= 4 is 18.3 Å². The van der Waals surface area contributed by atoms with Crippen molar-refractivity contribution in [3.05, 3.63) is 23.3 Å². The van der Waals surface area contributed by atoms with Crippen LogP contribution >= 0.6 is 0 Å². The maximum Gasteiger partial charge on any atom is 0.195 e. The molecular formula is C12H15N5O. The number of carbonyl (C=O) groups excluding carboxylic acids is 1. The molecule has 6 nitrogen and oxygen atoms in total.